The molecular formula is C14H18BrClN2O. The molecule has 1 aliphatic heterocycles. The fourth-order valence-corrected chi connectivity index (χ4v) is 2.98. The molecule has 1 amide bonds. The number of carbonyl (C=O) groups is 1. The van der Waals surface area contributed by atoms with Crippen LogP contribution in [0.15, 0.2) is 22.7 Å². The third kappa shape index (κ3) is 3.50. The molecule has 3 nitrogen and oxygen atoms in total. The summed E-state index contributed by atoms with van der Waals surface area (Å²) >= 11 is 9.39. The van der Waals surface area contributed by atoms with Gasteiger partial charge >= 0.3 is 0 Å². The summed E-state index contributed by atoms with van der Waals surface area (Å²) in [6, 6.07) is 5.63. The highest BCUT2D eigenvalue weighted by Crippen LogP contribution is 2.26. The van der Waals surface area contributed by atoms with Crippen molar-refractivity contribution in [1.29, 1.82) is 0 Å². The normalized spacial score (nSPS) is 19.5. The molecule has 0 bridgehead atoms. The van der Waals surface area contributed by atoms with Crippen molar-refractivity contribution >= 4 is 33.4 Å². The Morgan fingerprint density at radius 3 is 2.95 bits per heavy atom. The molecule has 1 fully saturated rings. The van der Waals surface area contributed by atoms with Gasteiger partial charge in [0.15, 0.2) is 0 Å². The molecule has 1 atom stereocenters. The van der Waals surface area contributed by atoms with Crippen LogP contribution in [0.3, 0.4) is 0 Å². The zero-order valence-corrected chi connectivity index (χ0v) is 13.1. The van der Waals surface area contributed by atoms with Crippen LogP contribution in [0.1, 0.15) is 36.0 Å². The second-order valence-corrected chi connectivity index (χ2v) is 6.12. The number of piperidine rings is 1. The highest BCUT2D eigenvalue weighted by atomic mass is 79.9. The van der Waals surface area contributed by atoms with Crippen LogP contribution in [0.2, 0.25) is 5.02 Å². The first-order valence-corrected chi connectivity index (χ1v) is 7.76. The second-order valence-electron chi connectivity index (χ2n) is 4.85. The zero-order valence-electron chi connectivity index (χ0n) is 10.7. The SMILES string of the molecule is NCCC1CCCCN1C(=O)c1ccc(Br)c(Cl)c1. The van der Waals surface area contributed by atoms with Crippen molar-refractivity contribution in [2.24, 2.45) is 5.73 Å². The quantitative estimate of drug-likeness (QED) is 0.912. The van der Waals surface area contributed by atoms with E-state index < -0.39 is 0 Å². The van der Waals surface area contributed by atoms with Crippen LogP contribution in [0, 0.1) is 0 Å². The second kappa shape index (κ2) is 6.73. The minimum absolute atomic E-state index is 0.0625. The van der Waals surface area contributed by atoms with Gasteiger partial charge in [0.05, 0.1) is 5.02 Å². The smallest absolute Gasteiger partial charge is 0.254 e. The number of carbonyl (C=O) groups excluding carboxylic acids is 1. The van der Waals surface area contributed by atoms with E-state index in [1.165, 1.54) is 6.42 Å². The molecule has 19 heavy (non-hydrogen) atoms. The summed E-state index contributed by atoms with van der Waals surface area (Å²) in [6.45, 7) is 1.44. The van der Waals surface area contributed by atoms with E-state index in [2.05, 4.69) is 15.9 Å². The molecule has 2 rings (SSSR count). The summed E-state index contributed by atoms with van der Waals surface area (Å²) < 4.78 is 0.808. The predicted molar refractivity (Wildman–Crippen MR) is 81.5 cm³/mol. The van der Waals surface area contributed by atoms with E-state index in [0.717, 1.165) is 30.3 Å². The Hall–Kier alpha value is -0.580. The summed E-state index contributed by atoms with van der Waals surface area (Å²) in [7, 11) is 0. The number of likely N-dealkylation sites (tertiary alicyclic amines) is 1. The van der Waals surface area contributed by atoms with Crippen LogP contribution in [-0.2, 0) is 0 Å². The Morgan fingerprint density at radius 2 is 2.26 bits per heavy atom. The number of nitrogens with zero attached hydrogens (tertiary/aromatic N) is 1. The average Bonchev–Trinajstić information content (AvgIpc) is 2.42. The highest BCUT2D eigenvalue weighted by Gasteiger charge is 2.26. The van der Waals surface area contributed by atoms with E-state index in [1.54, 1.807) is 6.07 Å². The first-order valence-electron chi connectivity index (χ1n) is 6.59. The largest absolute Gasteiger partial charge is 0.336 e. The molecule has 5 heteroatoms. The lowest BCUT2D eigenvalue weighted by Gasteiger charge is -2.35. The van der Waals surface area contributed by atoms with Gasteiger partial charge in [-0.2, -0.15) is 0 Å². The third-order valence-electron chi connectivity index (χ3n) is 3.55. The average molecular weight is 346 g/mol. The Bertz CT molecular complexity index is 465. The number of halogens is 2. The summed E-state index contributed by atoms with van der Waals surface area (Å²) in [5.41, 5.74) is 6.29. The number of amides is 1. The number of hydrogen-bond donors (Lipinski definition) is 1. The first-order chi connectivity index (χ1) is 9.13. The number of hydrogen-bond acceptors (Lipinski definition) is 2. The van der Waals surface area contributed by atoms with Gasteiger partial charge in [-0.15, -0.1) is 0 Å². The molecule has 0 radical (unpaired) electrons. The first kappa shape index (κ1) is 14.8. The molecule has 1 aliphatic rings. The Labute approximate surface area is 127 Å². The minimum atomic E-state index is 0.0625. The highest BCUT2D eigenvalue weighted by molar-refractivity contribution is 9.10. The van der Waals surface area contributed by atoms with E-state index in [4.69, 9.17) is 17.3 Å². The van der Waals surface area contributed by atoms with E-state index >= 15 is 0 Å². The lowest BCUT2D eigenvalue weighted by Crippen LogP contribution is -2.44. The summed E-state index contributed by atoms with van der Waals surface area (Å²) in [5, 5.41) is 0.568. The fraction of sp³-hybridized carbons (Fsp3) is 0.500. The van der Waals surface area contributed by atoms with Crippen molar-refractivity contribution in [2.45, 2.75) is 31.7 Å². The molecule has 0 aromatic heterocycles. The topological polar surface area (TPSA) is 46.3 Å². The van der Waals surface area contributed by atoms with Crippen molar-refractivity contribution in [3.8, 4) is 0 Å². The monoisotopic (exact) mass is 344 g/mol. The summed E-state index contributed by atoms with van der Waals surface area (Å²) in [5.74, 6) is 0.0625. The standard InChI is InChI=1S/C14H18BrClN2O/c15-12-5-4-10(9-13(12)16)14(19)18-8-2-1-3-11(18)6-7-17/h4-5,9,11H,1-3,6-8,17H2. The van der Waals surface area contributed by atoms with E-state index in [9.17, 15) is 4.79 Å². The van der Waals surface area contributed by atoms with E-state index in [0.29, 0.717) is 17.1 Å². The van der Waals surface area contributed by atoms with Gasteiger partial charge in [0.1, 0.15) is 0 Å². The molecule has 2 N–H and O–H groups in total. The molecule has 104 valence electrons. The molecule has 0 saturated carbocycles. The van der Waals surface area contributed by atoms with E-state index in [1.807, 2.05) is 17.0 Å². The summed E-state index contributed by atoms with van der Waals surface area (Å²) in [4.78, 5) is 14.5. The van der Waals surface area contributed by atoms with Crippen molar-refractivity contribution in [3.05, 3.63) is 33.3 Å². The Morgan fingerprint density at radius 1 is 1.47 bits per heavy atom. The van der Waals surface area contributed by atoms with Crippen molar-refractivity contribution in [2.75, 3.05) is 13.1 Å². The van der Waals surface area contributed by atoms with Gasteiger partial charge in [-0.05, 0) is 66.4 Å². The minimum Gasteiger partial charge on any atom is -0.336 e. The maximum Gasteiger partial charge on any atom is 0.254 e. The van der Waals surface area contributed by atoms with Gasteiger partial charge in [-0.1, -0.05) is 11.6 Å². The van der Waals surface area contributed by atoms with Crippen molar-refractivity contribution < 1.29 is 4.79 Å². The lowest BCUT2D eigenvalue weighted by atomic mass is 9.98. The van der Waals surface area contributed by atoms with E-state index in [-0.39, 0.29) is 11.9 Å². The maximum absolute atomic E-state index is 12.6. The Balaban J connectivity index is 2.18. The lowest BCUT2D eigenvalue weighted by molar-refractivity contribution is 0.0605. The van der Waals surface area contributed by atoms with Gasteiger partial charge in [0.2, 0.25) is 0 Å². The van der Waals surface area contributed by atoms with Crippen molar-refractivity contribution in [1.82, 2.24) is 4.90 Å². The molecule has 0 spiro atoms. The molecule has 1 aromatic rings. The van der Waals surface area contributed by atoms with Crippen molar-refractivity contribution in [3.63, 3.8) is 0 Å². The molecule has 1 unspecified atom stereocenters. The number of nitrogens with two attached hydrogens (primary N) is 1. The maximum atomic E-state index is 12.6. The molecule has 1 heterocycles. The van der Waals surface area contributed by atoms with Gasteiger partial charge < -0.3 is 10.6 Å². The van der Waals surface area contributed by atoms with Crippen LogP contribution in [-0.4, -0.2) is 29.9 Å². The van der Waals surface area contributed by atoms with Crippen LogP contribution >= 0.6 is 27.5 Å². The number of benzene rings is 1. The van der Waals surface area contributed by atoms with Crippen LogP contribution in [0.25, 0.3) is 0 Å². The van der Waals surface area contributed by atoms with Gasteiger partial charge in [-0.25, -0.2) is 0 Å². The van der Waals surface area contributed by atoms with Crippen LogP contribution < -0.4 is 5.73 Å². The Kier molecular flexibility index (Phi) is 5.25. The fourth-order valence-electron chi connectivity index (χ4n) is 2.56. The van der Waals surface area contributed by atoms with Gasteiger partial charge in [0, 0.05) is 22.6 Å². The van der Waals surface area contributed by atoms with Crippen LogP contribution in [0.4, 0.5) is 0 Å². The third-order valence-corrected chi connectivity index (χ3v) is 4.79. The number of rotatable bonds is 3. The van der Waals surface area contributed by atoms with Gasteiger partial charge in [0.25, 0.3) is 5.91 Å². The zero-order chi connectivity index (χ0) is 13.8. The van der Waals surface area contributed by atoms with Crippen LogP contribution in [0.5, 0.6) is 0 Å². The molecule has 1 saturated heterocycles. The molecule has 0 aliphatic carbocycles. The predicted octanol–water partition coefficient (Wildman–Crippen LogP) is 3.45. The molecular weight excluding hydrogens is 328 g/mol. The molecule has 1 aromatic carbocycles. The summed E-state index contributed by atoms with van der Waals surface area (Å²) in [6.07, 6.45) is 4.16. The van der Waals surface area contributed by atoms with Gasteiger partial charge in [-0.3, -0.25) is 4.79 Å².